The molecule has 1 saturated heterocycles. The van der Waals surface area contributed by atoms with E-state index in [1.54, 1.807) is 18.2 Å². The van der Waals surface area contributed by atoms with Gasteiger partial charge in [0.2, 0.25) is 5.91 Å². The van der Waals surface area contributed by atoms with Crippen molar-refractivity contribution < 1.29 is 32.3 Å². The standard InChI is InChI=1S/C20H23N3O7S/c1-12(24)14-4-3-5-15(10-14)21-19(26)13(2)30-20(27)17-6-7-18(25)23(22-17)16-8-9-31(28,29)11-16/h3-5,10,13,16H,6-9,11H2,1-2H3,(H,21,26)/t13-,16-/m0/s1. The third-order valence-corrected chi connectivity index (χ3v) is 6.79. The van der Waals surface area contributed by atoms with Crippen LogP contribution < -0.4 is 5.32 Å². The van der Waals surface area contributed by atoms with E-state index in [2.05, 4.69) is 10.4 Å². The molecule has 0 bridgehead atoms. The van der Waals surface area contributed by atoms with E-state index in [0.717, 1.165) is 5.01 Å². The van der Waals surface area contributed by atoms with Gasteiger partial charge in [-0.1, -0.05) is 12.1 Å². The lowest BCUT2D eigenvalue weighted by atomic mass is 10.1. The molecule has 10 nitrogen and oxygen atoms in total. The van der Waals surface area contributed by atoms with Crippen LogP contribution in [0.2, 0.25) is 0 Å². The number of sulfone groups is 1. The molecule has 2 aliphatic heterocycles. The first-order valence-corrected chi connectivity index (χ1v) is 11.6. The number of nitrogens with one attached hydrogen (secondary N) is 1. The smallest absolute Gasteiger partial charge is 0.355 e. The van der Waals surface area contributed by atoms with Crippen molar-refractivity contribution in [1.82, 2.24) is 5.01 Å². The highest BCUT2D eigenvalue weighted by molar-refractivity contribution is 7.91. The molecule has 2 heterocycles. The summed E-state index contributed by atoms with van der Waals surface area (Å²) < 4.78 is 28.6. The predicted octanol–water partition coefficient (Wildman–Crippen LogP) is 0.925. The summed E-state index contributed by atoms with van der Waals surface area (Å²) >= 11 is 0. The van der Waals surface area contributed by atoms with E-state index in [9.17, 15) is 27.6 Å². The monoisotopic (exact) mass is 449 g/mol. The topological polar surface area (TPSA) is 139 Å². The number of ether oxygens (including phenoxy) is 1. The molecule has 0 aliphatic carbocycles. The Morgan fingerprint density at radius 2 is 2.00 bits per heavy atom. The largest absolute Gasteiger partial charge is 0.448 e. The van der Waals surface area contributed by atoms with Gasteiger partial charge in [-0.15, -0.1) is 0 Å². The van der Waals surface area contributed by atoms with Gasteiger partial charge in [0.25, 0.3) is 5.91 Å². The van der Waals surface area contributed by atoms with Gasteiger partial charge in [0.05, 0.1) is 17.5 Å². The van der Waals surface area contributed by atoms with Crippen molar-refractivity contribution in [2.75, 3.05) is 16.8 Å². The van der Waals surface area contributed by atoms with Crippen molar-refractivity contribution >= 4 is 44.8 Å². The summed E-state index contributed by atoms with van der Waals surface area (Å²) in [5, 5.41) is 7.66. The predicted molar refractivity (Wildman–Crippen MR) is 111 cm³/mol. The highest BCUT2D eigenvalue weighted by Gasteiger charge is 2.37. The normalized spacial score (nSPS) is 21.2. The van der Waals surface area contributed by atoms with Crippen LogP contribution in [0.15, 0.2) is 29.4 Å². The van der Waals surface area contributed by atoms with Gasteiger partial charge in [-0.2, -0.15) is 5.10 Å². The average Bonchev–Trinajstić information content (AvgIpc) is 3.07. The molecule has 2 amide bonds. The highest BCUT2D eigenvalue weighted by Crippen LogP contribution is 2.22. The first kappa shape index (κ1) is 22.6. The molecule has 0 aromatic heterocycles. The van der Waals surface area contributed by atoms with Crippen LogP contribution in [-0.4, -0.2) is 66.4 Å². The van der Waals surface area contributed by atoms with Crippen LogP contribution >= 0.6 is 0 Å². The summed E-state index contributed by atoms with van der Waals surface area (Å²) in [6.45, 7) is 2.79. The number of carbonyl (C=O) groups excluding carboxylic acids is 4. The number of anilines is 1. The average molecular weight is 449 g/mol. The molecule has 1 N–H and O–H groups in total. The minimum atomic E-state index is -3.23. The zero-order valence-corrected chi connectivity index (χ0v) is 18.0. The first-order valence-electron chi connectivity index (χ1n) is 9.78. The molecule has 166 valence electrons. The van der Waals surface area contributed by atoms with E-state index in [-0.39, 0.29) is 48.2 Å². The van der Waals surface area contributed by atoms with E-state index in [4.69, 9.17) is 4.74 Å². The molecular formula is C20H23N3O7S. The Labute approximate surface area is 179 Å². The molecule has 2 atom stereocenters. The number of hydrogen-bond donors (Lipinski definition) is 1. The fraction of sp³-hybridized carbons (Fsp3) is 0.450. The van der Waals surface area contributed by atoms with Crippen molar-refractivity contribution in [2.45, 2.75) is 45.3 Å². The van der Waals surface area contributed by atoms with Crippen molar-refractivity contribution in [3.8, 4) is 0 Å². The van der Waals surface area contributed by atoms with Crippen LogP contribution in [0.1, 0.15) is 43.5 Å². The van der Waals surface area contributed by atoms with Gasteiger partial charge in [0.15, 0.2) is 21.7 Å². The summed E-state index contributed by atoms with van der Waals surface area (Å²) in [7, 11) is -3.23. The fourth-order valence-corrected chi connectivity index (χ4v) is 5.01. The van der Waals surface area contributed by atoms with Crippen molar-refractivity contribution in [2.24, 2.45) is 5.10 Å². The Kier molecular flexibility index (Phi) is 6.54. The maximum atomic E-state index is 12.5. The van der Waals surface area contributed by atoms with E-state index in [1.807, 2.05) is 0 Å². The molecule has 31 heavy (non-hydrogen) atoms. The number of amides is 2. The maximum Gasteiger partial charge on any atom is 0.355 e. The number of hydrogen-bond acceptors (Lipinski definition) is 8. The molecule has 1 aromatic rings. The van der Waals surface area contributed by atoms with Gasteiger partial charge in [-0.25, -0.2) is 18.2 Å². The van der Waals surface area contributed by atoms with Crippen LogP contribution in [0.5, 0.6) is 0 Å². The minimum absolute atomic E-state index is 0.00287. The lowest BCUT2D eigenvalue weighted by Gasteiger charge is -2.27. The van der Waals surface area contributed by atoms with E-state index >= 15 is 0 Å². The van der Waals surface area contributed by atoms with Gasteiger partial charge in [-0.3, -0.25) is 14.4 Å². The minimum Gasteiger partial charge on any atom is -0.448 e. The number of esters is 1. The Morgan fingerprint density at radius 1 is 1.26 bits per heavy atom. The maximum absolute atomic E-state index is 12.5. The van der Waals surface area contributed by atoms with Crippen molar-refractivity contribution in [3.05, 3.63) is 29.8 Å². The molecule has 11 heteroatoms. The Balaban J connectivity index is 1.64. The number of Topliss-reactive ketones (excluding diaryl/α,β-unsaturated/α-hetero) is 1. The first-order chi connectivity index (χ1) is 14.6. The lowest BCUT2D eigenvalue weighted by Crippen LogP contribution is -2.42. The molecule has 0 unspecified atom stereocenters. The summed E-state index contributed by atoms with van der Waals surface area (Å²) in [4.78, 5) is 48.4. The zero-order valence-electron chi connectivity index (χ0n) is 17.2. The van der Waals surface area contributed by atoms with Crippen molar-refractivity contribution in [3.63, 3.8) is 0 Å². The molecular weight excluding hydrogens is 426 g/mol. The van der Waals surface area contributed by atoms with Gasteiger partial charge >= 0.3 is 5.97 Å². The quantitative estimate of drug-likeness (QED) is 0.503. The van der Waals surface area contributed by atoms with E-state index in [1.165, 1.54) is 19.9 Å². The molecule has 0 spiro atoms. The Bertz CT molecular complexity index is 1060. The van der Waals surface area contributed by atoms with Gasteiger partial charge in [-0.05, 0) is 32.4 Å². The van der Waals surface area contributed by atoms with Gasteiger partial charge < -0.3 is 10.1 Å². The van der Waals surface area contributed by atoms with E-state index < -0.39 is 33.9 Å². The summed E-state index contributed by atoms with van der Waals surface area (Å²) in [6, 6.07) is 5.75. The number of rotatable bonds is 6. The highest BCUT2D eigenvalue weighted by atomic mass is 32.2. The van der Waals surface area contributed by atoms with Crippen LogP contribution in [0, 0.1) is 0 Å². The second kappa shape index (κ2) is 8.96. The van der Waals surface area contributed by atoms with Gasteiger partial charge in [0, 0.05) is 24.1 Å². The summed E-state index contributed by atoms with van der Waals surface area (Å²) in [5.41, 5.74) is 0.773. The molecule has 0 radical (unpaired) electrons. The van der Waals surface area contributed by atoms with Crippen LogP contribution in [0.25, 0.3) is 0 Å². The van der Waals surface area contributed by atoms with Gasteiger partial charge in [0.1, 0.15) is 5.71 Å². The number of benzene rings is 1. The second-order valence-electron chi connectivity index (χ2n) is 7.52. The molecule has 1 fully saturated rings. The summed E-state index contributed by atoms with van der Waals surface area (Å²) in [6.07, 6.45) is -0.849. The Hall–Kier alpha value is -3.08. The van der Waals surface area contributed by atoms with Crippen LogP contribution in [0.3, 0.4) is 0 Å². The lowest BCUT2D eigenvalue weighted by molar-refractivity contribution is -0.147. The molecule has 0 saturated carbocycles. The molecule has 1 aromatic carbocycles. The number of carbonyl (C=O) groups is 4. The number of hydrazone groups is 1. The third kappa shape index (κ3) is 5.54. The second-order valence-corrected chi connectivity index (χ2v) is 9.74. The van der Waals surface area contributed by atoms with Crippen LogP contribution in [-0.2, 0) is 29.0 Å². The summed E-state index contributed by atoms with van der Waals surface area (Å²) in [5.74, 6) is -2.17. The fourth-order valence-electron chi connectivity index (χ4n) is 3.31. The number of ketones is 1. The zero-order chi connectivity index (χ0) is 22.8. The number of nitrogens with zero attached hydrogens (tertiary/aromatic N) is 2. The van der Waals surface area contributed by atoms with Crippen molar-refractivity contribution in [1.29, 1.82) is 0 Å². The Morgan fingerprint density at radius 3 is 2.65 bits per heavy atom. The molecule has 2 aliphatic rings. The third-order valence-electron chi connectivity index (χ3n) is 5.04. The molecule has 3 rings (SSSR count). The van der Waals surface area contributed by atoms with E-state index in [0.29, 0.717) is 11.3 Å². The SMILES string of the molecule is CC(=O)c1cccc(NC(=O)[C@H](C)OC(=O)C2=NN([C@H]3CCS(=O)(=O)C3)C(=O)CC2)c1. The van der Waals surface area contributed by atoms with Crippen LogP contribution in [0.4, 0.5) is 5.69 Å².